The Morgan fingerprint density at radius 2 is 1.84 bits per heavy atom. The Morgan fingerprint density at radius 1 is 1.06 bits per heavy atom. The van der Waals surface area contributed by atoms with E-state index in [1.165, 1.54) is 39.9 Å². The van der Waals surface area contributed by atoms with Crippen molar-refractivity contribution in [2.75, 3.05) is 13.1 Å². The monoisotopic (exact) mass is 478 g/mol. The lowest BCUT2D eigenvalue weighted by atomic mass is 10.2. The molecule has 31 heavy (non-hydrogen) atoms. The summed E-state index contributed by atoms with van der Waals surface area (Å²) in [4.78, 5) is 30.1. The molecule has 11 heteroatoms. The van der Waals surface area contributed by atoms with E-state index in [9.17, 15) is 18.0 Å². The highest BCUT2D eigenvalue weighted by Gasteiger charge is 2.22. The molecule has 0 saturated heterocycles. The van der Waals surface area contributed by atoms with Gasteiger partial charge in [-0.15, -0.1) is 22.7 Å². The molecule has 3 aromatic rings. The molecule has 0 unspecified atom stereocenters. The van der Waals surface area contributed by atoms with Gasteiger partial charge in [-0.3, -0.25) is 20.4 Å². The van der Waals surface area contributed by atoms with Gasteiger partial charge in [0.15, 0.2) is 0 Å². The summed E-state index contributed by atoms with van der Waals surface area (Å²) in [5.41, 5.74) is 5.40. The Bertz CT molecular complexity index is 1150. The summed E-state index contributed by atoms with van der Waals surface area (Å²) < 4.78 is 26.6. The van der Waals surface area contributed by atoms with Gasteiger partial charge in [0.1, 0.15) is 5.01 Å². The molecule has 0 saturated carbocycles. The molecule has 0 aliphatic carbocycles. The van der Waals surface area contributed by atoms with Crippen molar-refractivity contribution < 1.29 is 18.0 Å². The van der Waals surface area contributed by atoms with E-state index >= 15 is 0 Å². The summed E-state index contributed by atoms with van der Waals surface area (Å²) in [5, 5.41) is 4.60. The van der Waals surface area contributed by atoms with E-state index in [2.05, 4.69) is 15.8 Å². The number of carbonyl (C=O) groups excluding carboxylic acids is 2. The average molecular weight is 479 g/mol. The van der Waals surface area contributed by atoms with E-state index in [0.717, 1.165) is 9.88 Å². The molecule has 0 fully saturated rings. The van der Waals surface area contributed by atoms with Crippen LogP contribution in [0.1, 0.15) is 29.9 Å². The smallest absolute Gasteiger partial charge is 0.269 e. The molecule has 3 rings (SSSR count). The topological polar surface area (TPSA) is 108 Å². The number of benzene rings is 1. The maximum atomic E-state index is 12.6. The number of hydrazine groups is 1. The third-order valence-corrected chi connectivity index (χ3v) is 8.36. The first kappa shape index (κ1) is 23.1. The number of rotatable bonds is 8. The number of thiazole rings is 1. The molecule has 1 aromatic carbocycles. The Labute approximate surface area is 189 Å². The fourth-order valence-electron chi connectivity index (χ4n) is 2.82. The van der Waals surface area contributed by atoms with Crippen LogP contribution in [0.15, 0.2) is 52.1 Å². The van der Waals surface area contributed by atoms with Crippen LogP contribution in [0.25, 0.3) is 9.88 Å². The molecule has 8 nitrogen and oxygen atoms in total. The fraction of sp³-hybridized carbons (Fsp3) is 0.250. The van der Waals surface area contributed by atoms with Crippen molar-refractivity contribution in [3.05, 3.63) is 58.4 Å². The third-order valence-electron chi connectivity index (χ3n) is 4.38. The second-order valence-corrected chi connectivity index (χ2v) is 10.2. The SMILES string of the molecule is CCN(CC)S(=O)(=O)c1cccc(C(=O)NNC(=O)Cc2csc(-c3cccs3)n2)c1. The molecular weight excluding hydrogens is 456 g/mol. The number of carbonyl (C=O) groups is 2. The predicted octanol–water partition coefficient (Wildman–Crippen LogP) is 2.91. The first-order valence-electron chi connectivity index (χ1n) is 9.52. The number of nitrogens with zero attached hydrogens (tertiary/aromatic N) is 2. The van der Waals surface area contributed by atoms with Crippen LogP contribution in [-0.4, -0.2) is 42.6 Å². The minimum absolute atomic E-state index is 0.0124. The Morgan fingerprint density at radius 3 is 2.52 bits per heavy atom. The fourth-order valence-corrected chi connectivity index (χ4v) is 5.96. The lowest BCUT2D eigenvalue weighted by molar-refractivity contribution is -0.121. The van der Waals surface area contributed by atoms with Gasteiger partial charge in [0, 0.05) is 24.0 Å². The summed E-state index contributed by atoms with van der Waals surface area (Å²) in [6, 6.07) is 9.61. The van der Waals surface area contributed by atoms with Gasteiger partial charge in [-0.2, -0.15) is 4.31 Å². The van der Waals surface area contributed by atoms with Crippen molar-refractivity contribution in [2.45, 2.75) is 25.2 Å². The quantitative estimate of drug-likeness (QED) is 0.484. The van der Waals surface area contributed by atoms with Crippen molar-refractivity contribution >= 4 is 44.5 Å². The zero-order valence-corrected chi connectivity index (χ0v) is 19.4. The number of thiophene rings is 1. The number of amides is 2. The van der Waals surface area contributed by atoms with E-state index in [0.29, 0.717) is 18.8 Å². The number of sulfonamides is 1. The Hall–Kier alpha value is -2.60. The molecule has 0 bridgehead atoms. The molecular formula is C20H22N4O4S3. The van der Waals surface area contributed by atoms with E-state index in [-0.39, 0.29) is 16.9 Å². The van der Waals surface area contributed by atoms with E-state index < -0.39 is 21.8 Å². The molecule has 2 amide bonds. The van der Waals surface area contributed by atoms with Crippen LogP contribution >= 0.6 is 22.7 Å². The first-order valence-corrected chi connectivity index (χ1v) is 12.7. The van der Waals surface area contributed by atoms with Crippen molar-refractivity contribution in [1.29, 1.82) is 0 Å². The highest BCUT2D eigenvalue weighted by atomic mass is 32.2. The summed E-state index contributed by atoms with van der Waals surface area (Å²) >= 11 is 3.02. The molecule has 0 aliphatic rings. The molecule has 0 aliphatic heterocycles. The first-order chi connectivity index (χ1) is 14.8. The van der Waals surface area contributed by atoms with Gasteiger partial charge < -0.3 is 0 Å². The second kappa shape index (κ2) is 10.1. The molecule has 0 spiro atoms. The van der Waals surface area contributed by atoms with Crippen molar-refractivity contribution in [1.82, 2.24) is 20.1 Å². The van der Waals surface area contributed by atoms with Gasteiger partial charge in [-0.25, -0.2) is 13.4 Å². The van der Waals surface area contributed by atoms with Gasteiger partial charge >= 0.3 is 0 Å². The van der Waals surface area contributed by atoms with Gasteiger partial charge in [-0.05, 0) is 29.6 Å². The van der Waals surface area contributed by atoms with E-state index in [4.69, 9.17) is 0 Å². The van der Waals surface area contributed by atoms with Crippen LogP contribution in [0.4, 0.5) is 0 Å². The summed E-state index contributed by atoms with van der Waals surface area (Å²) in [6.45, 7) is 4.16. The standard InChI is InChI=1S/C20H22N4O4S3/c1-3-24(4-2)31(27,28)16-8-5-7-14(11-16)19(26)23-22-18(25)12-15-13-30-20(21-15)17-9-6-10-29-17/h5-11,13H,3-4,12H2,1-2H3,(H,22,25)(H,23,26). The largest absolute Gasteiger partial charge is 0.273 e. The zero-order chi connectivity index (χ0) is 22.4. The maximum Gasteiger partial charge on any atom is 0.269 e. The molecule has 2 heterocycles. The molecule has 2 N–H and O–H groups in total. The van der Waals surface area contributed by atoms with Crippen molar-refractivity contribution in [2.24, 2.45) is 0 Å². The van der Waals surface area contributed by atoms with Gasteiger partial charge in [0.25, 0.3) is 5.91 Å². The van der Waals surface area contributed by atoms with Crippen molar-refractivity contribution in [3.8, 4) is 9.88 Å². The predicted molar refractivity (Wildman–Crippen MR) is 121 cm³/mol. The molecule has 0 radical (unpaired) electrons. The summed E-state index contributed by atoms with van der Waals surface area (Å²) in [6.07, 6.45) is 0.0124. The van der Waals surface area contributed by atoms with Crippen LogP contribution in [0, 0.1) is 0 Å². The highest BCUT2D eigenvalue weighted by Crippen LogP contribution is 2.27. The summed E-state index contributed by atoms with van der Waals surface area (Å²) in [7, 11) is -3.69. The zero-order valence-electron chi connectivity index (χ0n) is 17.0. The maximum absolute atomic E-state index is 12.6. The van der Waals surface area contributed by atoms with Crippen molar-refractivity contribution in [3.63, 3.8) is 0 Å². The lowest BCUT2D eigenvalue weighted by Crippen LogP contribution is -2.42. The highest BCUT2D eigenvalue weighted by molar-refractivity contribution is 7.89. The van der Waals surface area contributed by atoms with Gasteiger partial charge in [0.2, 0.25) is 15.9 Å². The van der Waals surface area contributed by atoms with Crippen LogP contribution in [0.3, 0.4) is 0 Å². The molecule has 2 aromatic heterocycles. The normalized spacial score (nSPS) is 11.5. The minimum atomic E-state index is -3.69. The lowest BCUT2D eigenvalue weighted by Gasteiger charge is -2.18. The van der Waals surface area contributed by atoms with Crippen LogP contribution in [0.2, 0.25) is 0 Å². The van der Waals surface area contributed by atoms with E-state index in [1.54, 1.807) is 30.6 Å². The third kappa shape index (κ3) is 5.56. The second-order valence-electron chi connectivity index (χ2n) is 6.42. The van der Waals surface area contributed by atoms with Crippen LogP contribution in [0.5, 0.6) is 0 Å². The van der Waals surface area contributed by atoms with E-state index in [1.807, 2.05) is 17.5 Å². The van der Waals surface area contributed by atoms with Crippen LogP contribution in [-0.2, 0) is 21.2 Å². The van der Waals surface area contributed by atoms with Crippen LogP contribution < -0.4 is 10.9 Å². The van der Waals surface area contributed by atoms with Gasteiger partial charge in [0.05, 0.1) is 21.9 Å². The molecule has 164 valence electrons. The average Bonchev–Trinajstić information content (AvgIpc) is 3.45. The number of hydrogen-bond acceptors (Lipinski definition) is 7. The minimum Gasteiger partial charge on any atom is -0.273 e. The molecule has 0 atom stereocenters. The van der Waals surface area contributed by atoms with Gasteiger partial charge in [-0.1, -0.05) is 26.0 Å². The Kier molecular flexibility index (Phi) is 7.55. The number of aromatic nitrogens is 1. The number of hydrogen-bond donors (Lipinski definition) is 2. The summed E-state index contributed by atoms with van der Waals surface area (Å²) in [5.74, 6) is -1.04. The Balaban J connectivity index is 1.60. The number of nitrogens with one attached hydrogen (secondary N) is 2.